The summed E-state index contributed by atoms with van der Waals surface area (Å²) in [5.41, 5.74) is 2.10. The second-order valence-electron chi connectivity index (χ2n) is 6.55. The molecule has 2 aliphatic heterocycles. The number of nitrogens with one attached hydrogen (secondary N) is 1. The summed E-state index contributed by atoms with van der Waals surface area (Å²) in [4.78, 5) is 14.1. The minimum absolute atomic E-state index is 0.115. The highest BCUT2D eigenvalue weighted by atomic mass is 16.5. The number of hydrogen-bond acceptors (Lipinski definition) is 3. The predicted octanol–water partition coefficient (Wildman–Crippen LogP) is 2.43. The van der Waals surface area contributed by atoms with Crippen molar-refractivity contribution >= 4 is 11.6 Å². The van der Waals surface area contributed by atoms with E-state index in [2.05, 4.69) is 10.2 Å². The standard InChI is InChI=1S/C17H22N2O2/c20-17-6-1-3-14-15(18-17)4-2-5-16(14)21-11-13-10-19(13)9-12-7-8-12/h2,4-5,12-13H,1,3,6-11H2,(H,18,20). The first-order valence-corrected chi connectivity index (χ1v) is 8.08. The van der Waals surface area contributed by atoms with Gasteiger partial charge in [-0.2, -0.15) is 0 Å². The number of carbonyl (C=O) groups excluding carboxylic acids is 1. The molecular formula is C17H22N2O2. The first-order valence-electron chi connectivity index (χ1n) is 8.08. The molecule has 4 nitrogen and oxygen atoms in total. The van der Waals surface area contributed by atoms with Gasteiger partial charge in [0.05, 0.1) is 6.04 Å². The summed E-state index contributed by atoms with van der Waals surface area (Å²) in [5, 5.41) is 2.98. The molecule has 4 heteroatoms. The lowest BCUT2D eigenvalue weighted by atomic mass is 10.1. The molecule has 1 N–H and O–H groups in total. The van der Waals surface area contributed by atoms with Gasteiger partial charge in [-0.05, 0) is 43.7 Å². The maximum absolute atomic E-state index is 11.6. The molecule has 2 heterocycles. The lowest BCUT2D eigenvalue weighted by Gasteiger charge is -2.13. The van der Waals surface area contributed by atoms with E-state index in [4.69, 9.17) is 4.74 Å². The van der Waals surface area contributed by atoms with E-state index in [1.165, 1.54) is 25.9 Å². The van der Waals surface area contributed by atoms with E-state index in [1.54, 1.807) is 0 Å². The molecule has 112 valence electrons. The van der Waals surface area contributed by atoms with Crippen LogP contribution in [0.25, 0.3) is 0 Å². The number of ether oxygens (including phenoxy) is 1. The topological polar surface area (TPSA) is 41.3 Å². The van der Waals surface area contributed by atoms with E-state index >= 15 is 0 Å². The molecule has 0 spiro atoms. The number of fused-ring (bicyclic) bond motifs is 1. The van der Waals surface area contributed by atoms with Crippen LogP contribution in [-0.4, -0.2) is 36.5 Å². The van der Waals surface area contributed by atoms with Gasteiger partial charge in [0.1, 0.15) is 12.4 Å². The van der Waals surface area contributed by atoms with Crippen LogP contribution in [0.2, 0.25) is 0 Å². The minimum atomic E-state index is 0.115. The zero-order valence-electron chi connectivity index (χ0n) is 12.3. The average Bonchev–Trinajstić information content (AvgIpc) is 3.35. The van der Waals surface area contributed by atoms with E-state index in [0.29, 0.717) is 12.5 Å². The van der Waals surface area contributed by atoms with E-state index < -0.39 is 0 Å². The summed E-state index contributed by atoms with van der Waals surface area (Å²) < 4.78 is 6.06. The SMILES string of the molecule is O=C1CCCc2c(cccc2OCC2CN2CC2CC2)N1. The Morgan fingerprint density at radius 2 is 2.19 bits per heavy atom. The van der Waals surface area contributed by atoms with E-state index in [0.717, 1.165) is 42.4 Å². The van der Waals surface area contributed by atoms with Gasteiger partial charge in [0, 0.05) is 30.8 Å². The zero-order valence-corrected chi connectivity index (χ0v) is 12.3. The van der Waals surface area contributed by atoms with Crippen molar-refractivity contribution in [2.75, 3.05) is 25.0 Å². The van der Waals surface area contributed by atoms with Crippen molar-refractivity contribution in [1.82, 2.24) is 4.90 Å². The molecule has 1 amide bonds. The molecule has 2 atom stereocenters. The van der Waals surface area contributed by atoms with Crippen LogP contribution < -0.4 is 10.1 Å². The zero-order chi connectivity index (χ0) is 14.2. The number of rotatable bonds is 5. The van der Waals surface area contributed by atoms with E-state index in [1.807, 2.05) is 18.2 Å². The first kappa shape index (κ1) is 13.1. The summed E-state index contributed by atoms with van der Waals surface area (Å²) in [6, 6.07) is 6.57. The normalized spacial score (nSPS) is 27.5. The van der Waals surface area contributed by atoms with Crippen molar-refractivity contribution in [2.24, 2.45) is 5.92 Å². The number of amides is 1. The second kappa shape index (κ2) is 5.34. The summed E-state index contributed by atoms with van der Waals surface area (Å²) in [6.45, 7) is 3.22. The third-order valence-corrected chi connectivity index (χ3v) is 4.69. The summed E-state index contributed by atoms with van der Waals surface area (Å²) in [6.07, 6.45) is 5.25. The maximum Gasteiger partial charge on any atom is 0.224 e. The molecule has 1 aliphatic carbocycles. The van der Waals surface area contributed by atoms with Gasteiger partial charge in [-0.3, -0.25) is 9.69 Å². The molecule has 1 aromatic rings. The Balaban J connectivity index is 1.39. The van der Waals surface area contributed by atoms with Crippen LogP contribution in [0.15, 0.2) is 18.2 Å². The molecule has 2 unspecified atom stereocenters. The molecule has 3 aliphatic rings. The minimum Gasteiger partial charge on any atom is -0.492 e. The van der Waals surface area contributed by atoms with Gasteiger partial charge in [0.2, 0.25) is 5.91 Å². The van der Waals surface area contributed by atoms with E-state index in [-0.39, 0.29) is 5.91 Å². The largest absolute Gasteiger partial charge is 0.492 e. The van der Waals surface area contributed by atoms with Crippen LogP contribution in [0, 0.1) is 5.92 Å². The van der Waals surface area contributed by atoms with Crippen molar-refractivity contribution < 1.29 is 9.53 Å². The van der Waals surface area contributed by atoms with Crippen molar-refractivity contribution in [1.29, 1.82) is 0 Å². The highest BCUT2D eigenvalue weighted by molar-refractivity contribution is 5.92. The van der Waals surface area contributed by atoms with Gasteiger partial charge >= 0.3 is 0 Å². The van der Waals surface area contributed by atoms with Gasteiger partial charge in [-0.25, -0.2) is 0 Å². The molecule has 4 rings (SSSR count). The van der Waals surface area contributed by atoms with Gasteiger partial charge < -0.3 is 10.1 Å². The van der Waals surface area contributed by atoms with Crippen molar-refractivity contribution in [3.8, 4) is 5.75 Å². The predicted molar refractivity (Wildman–Crippen MR) is 81.6 cm³/mol. The summed E-state index contributed by atoms with van der Waals surface area (Å²) >= 11 is 0. The van der Waals surface area contributed by atoms with Crippen molar-refractivity contribution in [3.05, 3.63) is 23.8 Å². The Morgan fingerprint density at radius 1 is 1.29 bits per heavy atom. The highest BCUT2D eigenvalue weighted by Crippen LogP contribution is 2.35. The second-order valence-corrected chi connectivity index (χ2v) is 6.55. The van der Waals surface area contributed by atoms with Crippen LogP contribution >= 0.6 is 0 Å². The molecule has 21 heavy (non-hydrogen) atoms. The van der Waals surface area contributed by atoms with Crippen LogP contribution in [0.1, 0.15) is 31.2 Å². The Morgan fingerprint density at radius 3 is 3.05 bits per heavy atom. The molecule has 2 fully saturated rings. The van der Waals surface area contributed by atoms with E-state index in [9.17, 15) is 4.79 Å². The number of benzene rings is 1. The molecule has 0 aromatic heterocycles. The van der Waals surface area contributed by atoms with Crippen LogP contribution in [0.5, 0.6) is 5.75 Å². The highest BCUT2D eigenvalue weighted by Gasteiger charge is 2.38. The number of anilines is 1. The maximum atomic E-state index is 11.6. The molecule has 1 aromatic carbocycles. The van der Waals surface area contributed by atoms with Gasteiger partial charge in [-0.1, -0.05) is 6.07 Å². The van der Waals surface area contributed by atoms with Gasteiger partial charge in [-0.15, -0.1) is 0 Å². The third kappa shape index (κ3) is 3.05. The summed E-state index contributed by atoms with van der Waals surface area (Å²) in [5.74, 6) is 2.02. The molecule has 1 saturated carbocycles. The Labute approximate surface area is 125 Å². The fourth-order valence-corrected chi connectivity index (χ4v) is 3.14. The molecule has 0 bridgehead atoms. The fourth-order valence-electron chi connectivity index (χ4n) is 3.14. The number of nitrogens with zero attached hydrogens (tertiary/aromatic N) is 1. The molecule has 0 radical (unpaired) electrons. The van der Waals surface area contributed by atoms with Crippen LogP contribution in [-0.2, 0) is 11.2 Å². The third-order valence-electron chi connectivity index (χ3n) is 4.69. The first-order chi connectivity index (χ1) is 10.3. The van der Waals surface area contributed by atoms with Crippen molar-refractivity contribution in [2.45, 2.75) is 38.1 Å². The Bertz CT molecular complexity index is 554. The monoisotopic (exact) mass is 286 g/mol. The number of carbonyl (C=O) groups is 1. The lowest BCUT2D eigenvalue weighted by Crippen LogP contribution is -2.14. The summed E-state index contributed by atoms with van der Waals surface area (Å²) in [7, 11) is 0. The van der Waals surface area contributed by atoms with Crippen LogP contribution in [0.3, 0.4) is 0 Å². The smallest absolute Gasteiger partial charge is 0.224 e. The quantitative estimate of drug-likeness (QED) is 0.845. The van der Waals surface area contributed by atoms with Gasteiger partial charge in [0.15, 0.2) is 0 Å². The Hall–Kier alpha value is -1.55. The fraction of sp³-hybridized carbons (Fsp3) is 0.588. The number of hydrogen-bond donors (Lipinski definition) is 1. The van der Waals surface area contributed by atoms with Crippen molar-refractivity contribution in [3.63, 3.8) is 0 Å². The Kier molecular flexibility index (Phi) is 3.34. The van der Waals surface area contributed by atoms with Crippen LogP contribution in [0.4, 0.5) is 5.69 Å². The van der Waals surface area contributed by atoms with Gasteiger partial charge in [0.25, 0.3) is 0 Å². The average molecular weight is 286 g/mol. The lowest BCUT2D eigenvalue weighted by molar-refractivity contribution is -0.116. The molecule has 1 saturated heterocycles. The molecular weight excluding hydrogens is 264 g/mol.